The van der Waals surface area contributed by atoms with Gasteiger partial charge in [-0.2, -0.15) is 26.7 Å². The Morgan fingerprint density at radius 3 is 3.06 bits per heavy atom. The highest BCUT2D eigenvalue weighted by Gasteiger charge is 2.15. The Labute approximate surface area is 105 Å². The fourth-order valence-corrected chi connectivity index (χ4v) is 2.74. The molecule has 0 aromatic carbocycles. The largest absolute Gasteiger partial charge is 0.464 e. The second-order valence-electron chi connectivity index (χ2n) is 3.79. The summed E-state index contributed by atoms with van der Waals surface area (Å²) >= 11 is 1.94. The molecular weight excluding hydrogens is 238 g/mol. The average molecular weight is 255 g/mol. The van der Waals surface area contributed by atoms with Crippen molar-refractivity contribution in [3.63, 3.8) is 0 Å². The van der Waals surface area contributed by atoms with E-state index in [0.29, 0.717) is 18.6 Å². The lowest BCUT2D eigenvalue weighted by Gasteiger charge is -2.22. The molecule has 3 N–H and O–H groups in total. The molecule has 2 rings (SSSR count). The number of anilines is 2. The van der Waals surface area contributed by atoms with Gasteiger partial charge in [0, 0.05) is 11.8 Å². The van der Waals surface area contributed by atoms with Crippen molar-refractivity contribution < 1.29 is 4.74 Å². The average Bonchev–Trinajstić information content (AvgIpc) is 2.30. The van der Waals surface area contributed by atoms with Crippen LogP contribution < -0.4 is 15.8 Å². The van der Waals surface area contributed by atoms with Gasteiger partial charge in [-0.25, -0.2) is 0 Å². The van der Waals surface area contributed by atoms with Crippen LogP contribution in [0.5, 0.6) is 6.01 Å². The van der Waals surface area contributed by atoms with Crippen molar-refractivity contribution in [1.82, 2.24) is 15.0 Å². The lowest BCUT2D eigenvalue weighted by Crippen LogP contribution is -2.27. The van der Waals surface area contributed by atoms with Crippen LogP contribution in [-0.2, 0) is 0 Å². The topological polar surface area (TPSA) is 86.0 Å². The van der Waals surface area contributed by atoms with Crippen LogP contribution >= 0.6 is 11.8 Å². The zero-order chi connectivity index (χ0) is 12.1. The molecular formula is C10H17N5OS. The van der Waals surface area contributed by atoms with Gasteiger partial charge in [-0.1, -0.05) is 0 Å². The molecule has 7 heteroatoms. The van der Waals surface area contributed by atoms with Crippen LogP contribution in [0.15, 0.2) is 0 Å². The molecule has 0 saturated carbocycles. The van der Waals surface area contributed by atoms with Crippen LogP contribution in [0.3, 0.4) is 0 Å². The molecule has 0 amide bonds. The van der Waals surface area contributed by atoms with Crippen LogP contribution in [0, 0.1) is 0 Å². The third kappa shape index (κ3) is 3.62. The molecule has 0 aliphatic carbocycles. The molecule has 17 heavy (non-hydrogen) atoms. The number of ether oxygens (including phenoxy) is 1. The van der Waals surface area contributed by atoms with Crippen LogP contribution in [0.1, 0.15) is 19.8 Å². The summed E-state index contributed by atoms with van der Waals surface area (Å²) in [6.45, 7) is 2.40. The predicted molar refractivity (Wildman–Crippen MR) is 69.4 cm³/mol. The van der Waals surface area contributed by atoms with Crippen molar-refractivity contribution in [2.24, 2.45) is 0 Å². The first-order chi connectivity index (χ1) is 8.28. The number of hydrogen-bond acceptors (Lipinski definition) is 7. The van der Waals surface area contributed by atoms with Gasteiger partial charge in [-0.3, -0.25) is 0 Å². The minimum absolute atomic E-state index is 0.189. The number of hydrogen-bond donors (Lipinski definition) is 2. The van der Waals surface area contributed by atoms with E-state index in [4.69, 9.17) is 10.5 Å². The summed E-state index contributed by atoms with van der Waals surface area (Å²) in [4.78, 5) is 12.1. The highest BCUT2D eigenvalue weighted by Crippen LogP contribution is 2.20. The summed E-state index contributed by atoms with van der Waals surface area (Å²) in [5.41, 5.74) is 5.61. The van der Waals surface area contributed by atoms with E-state index in [-0.39, 0.29) is 12.0 Å². The molecule has 1 aromatic heterocycles. The molecule has 94 valence electrons. The van der Waals surface area contributed by atoms with Crippen LogP contribution in [0.2, 0.25) is 0 Å². The molecule has 2 heterocycles. The van der Waals surface area contributed by atoms with Gasteiger partial charge < -0.3 is 15.8 Å². The summed E-state index contributed by atoms with van der Waals surface area (Å²) < 4.78 is 5.23. The van der Waals surface area contributed by atoms with Gasteiger partial charge in [-0.15, -0.1) is 0 Å². The van der Waals surface area contributed by atoms with E-state index in [0.717, 1.165) is 12.2 Å². The normalized spacial score (nSPS) is 19.9. The Morgan fingerprint density at radius 2 is 2.35 bits per heavy atom. The van der Waals surface area contributed by atoms with E-state index in [9.17, 15) is 0 Å². The molecule has 1 saturated heterocycles. The number of nitrogens with zero attached hydrogens (tertiary/aromatic N) is 3. The standard InChI is InChI=1S/C10H17N5OS/c1-2-16-10-14-8(11)13-9(15-10)12-7-4-3-5-17-6-7/h7H,2-6H2,1H3,(H3,11,12,13,14,15). The Morgan fingerprint density at radius 1 is 1.47 bits per heavy atom. The molecule has 0 spiro atoms. The smallest absolute Gasteiger partial charge is 0.323 e. The molecule has 1 fully saturated rings. The highest BCUT2D eigenvalue weighted by molar-refractivity contribution is 7.99. The van der Waals surface area contributed by atoms with Gasteiger partial charge in [0.2, 0.25) is 11.9 Å². The molecule has 1 unspecified atom stereocenters. The number of rotatable bonds is 4. The predicted octanol–water partition coefficient (Wildman–Crippen LogP) is 1.16. The molecule has 1 atom stereocenters. The van der Waals surface area contributed by atoms with Crippen molar-refractivity contribution in [2.75, 3.05) is 29.2 Å². The van der Waals surface area contributed by atoms with Crippen LogP contribution in [0.4, 0.5) is 11.9 Å². The van der Waals surface area contributed by atoms with Gasteiger partial charge in [0.05, 0.1) is 6.61 Å². The van der Waals surface area contributed by atoms with Crippen LogP contribution in [-0.4, -0.2) is 39.1 Å². The maximum Gasteiger partial charge on any atom is 0.323 e. The zero-order valence-corrected chi connectivity index (χ0v) is 10.7. The third-order valence-corrected chi connectivity index (χ3v) is 3.61. The molecule has 6 nitrogen and oxygen atoms in total. The molecule has 1 aliphatic rings. The van der Waals surface area contributed by atoms with Crippen molar-refractivity contribution in [1.29, 1.82) is 0 Å². The molecule has 0 radical (unpaired) electrons. The van der Waals surface area contributed by atoms with Crippen LogP contribution in [0.25, 0.3) is 0 Å². The highest BCUT2D eigenvalue weighted by atomic mass is 32.2. The second-order valence-corrected chi connectivity index (χ2v) is 4.94. The zero-order valence-electron chi connectivity index (χ0n) is 9.85. The first-order valence-electron chi connectivity index (χ1n) is 5.76. The monoisotopic (exact) mass is 255 g/mol. The molecule has 1 aliphatic heterocycles. The van der Waals surface area contributed by atoms with Crippen molar-refractivity contribution in [2.45, 2.75) is 25.8 Å². The van der Waals surface area contributed by atoms with E-state index >= 15 is 0 Å². The Hall–Kier alpha value is -1.24. The van der Waals surface area contributed by atoms with E-state index < -0.39 is 0 Å². The lowest BCUT2D eigenvalue weighted by atomic mass is 10.2. The lowest BCUT2D eigenvalue weighted by molar-refractivity contribution is 0.312. The maximum atomic E-state index is 5.61. The summed E-state index contributed by atoms with van der Waals surface area (Å²) in [6.07, 6.45) is 2.36. The Kier molecular flexibility index (Phi) is 4.24. The summed E-state index contributed by atoms with van der Waals surface area (Å²) in [5, 5.41) is 3.28. The summed E-state index contributed by atoms with van der Waals surface area (Å²) in [5.74, 6) is 3.01. The van der Waals surface area contributed by atoms with E-state index in [1.54, 1.807) is 0 Å². The van der Waals surface area contributed by atoms with Crippen molar-refractivity contribution >= 4 is 23.7 Å². The summed E-state index contributed by atoms with van der Waals surface area (Å²) in [7, 11) is 0. The van der Waals surface area contributed by atoms with Gasteiger partial charge in [0.25, 0.3) is 0 Å². The molecule has 0 bridgehead atoms. The fourth-order valence-electron chi connectivity index (χ4n) is 1.67. The van der Waals surface area contributed by atoms with Gasteiger partial charge in [0.15, 0.2) is 0 Å². The van der Waals surface area contributed by atoms with E-state index in [2.05, 4.69) is 20.3 Å². The quantitative estimate of drug-likeness (QED) is 0.834. The van der Waals surface area contributed by atoms with Crippen molar-refractivity contribution in [3.05, 3.63) is 0 Å². The minimum atomic E-state index is 0.189. The minimum Gasteiger partial charge on any atom is -0.464 e. The first kappa shape index (κ1) is 12.2. The summed E-state index contributed by atoms with van der Waals surface area (Å²) in [6, 6.07) is 0.691. The first-order valence-corrected chi connectivity index (χ1v) is 6.92. The number of nitrogens with one attached hydrogen (secondary N) is 1. The number of nitrogen functional groups attached to an aromatic ring is 1. The second kappa shape index (κ2) is 5.90. The SMILES string of the molecule is CCOc1nc(N)nc(NC2CCCSC2)n1. The number of aromatic nitrogens is 3. The maximum absolute atomic E-state index is 5.61. The van der Waals surface area contributed by atoms with E-state index in [1.807, 2.05) is 18.7 Å². The number of thioether (sulfide) groups is 1. The van der Waals surface area contributed by atoms with Gasteiger partial charge in [0.1, 0.15) is 0 Å². The molecule has 1 aromatic rings. The Bertz CT molecular complexity index is 370. The van der Waals surface area contributed by atoms with Gasteiger partial charge >= 0.3 is 6.01 Å². The third-order valence-electron chi connectivity index (χ3n) is 2.40. The van der Waals surface area contributed by atoms with Crippen molar-refractivity contribution in [3.8, 4) is 6.01 Å². The van der Waals surface area contributed by atoms with Gasteiger partial charge in [-0.05, 0) is 25.5 Å². The fraction of sp³-hybridized carbons (Fsp3) is 0.700. The Balaban J connectivity index is 2.03. The van der Waals surface area contributed by atoms with E-state index in [1.165, 1.54) is 12.2 Å². The number of nitrogens with two attached hydrogens (primary N) is 1.